The van der Waals surface area contributed by atoms with Crippen LogP contribution in [-0.2, 0) is 10.8 Å². The average molecular weight is 325 g/mol. The van der Waals surface area contributed by atoms with Crippen LogP contribution in [0.5, 0.6) is 0 Å². The van der Waals surface area contributed by atoms with Crippen LogP contribution in [0.4, 0.5) is 11.4 Å². The summed E-state index contributed by atoms with van der Waals surface area (Å²) in [7, 11) is 0. The number of rotatable bonds is 1. The van der Waals surface area contributed by atoms with Gasteiger partial charge in [0, 0.05) is 11.4 Å². The maximum absolute atomic E-state index is 6.35. The minimum atomic E-state index is 0.0144. The number of benzene rings is 2. The van der Waals surface area contributed by atoms with Crippen LogP contribution in [0.15, 0.2) is 24.3 Å². The second-order valence-corrected chi connectivity index (χ2v) is 9.01. The molecule has 24 heavy (non-hydrogen) atoms. The fraction of sp³-hybridized carbons (Fsp3) is 0.455. The zero-order valence-corrected chi connectivity index (χ0v) is 16.5. The molecule has 0 radical (unpaired) electrons. The largest absolute Gasteiger partial charge is 0.398 e. The Morgan fingerprint density at radius 2 is 0.875 bits per heavy atom. The smallest absolute Gasteiger partial charge is 0.0382 e. The van der Waals surface area contributed by atoms with Gasteiger partial charge in [0.15, 0.2) is 0 Å². The average Bonchev–Trinajstić information content (AvgIpc) is 2.41. The summed E-state index contributed by atoms with van der Waals surface area (Å²) in [6.07, 6.45) is 0. The lowest BCUT2D eigenvalue weighted by Gasteiger charge is -2.26. The third-order valence-corrected chi connectivity index (χ3v) is 4.72. The Hall–Kier alpha value is -1.96. The molecule has 2 rings (SSSR count). The van der Waals surface area contributed by atoms with Crippen molar-refractivity contribution in [3.8, 4) is 11.1 Å². The first-order valence-electron chi connectivity index (χ1n) is 8.64. The Labute approximate surface area is 147 Å². The second-order valence-electron chi connectivity index (χ2n) is 9.01. The predicted molar refractivity (Wildman–Crippen MR) is 108 cm³/mol. The summed E-state index contributed by atoms with van der Waals surface area (Å²) in [5.41, 5.74) is 21.6. The van der Waals surface area contributed by atoms with Gasteiger partial charge < -0.3 is 11.5 Å². The lowest BCUT2D eigenvalue weighted by Crippen LogP contribution is -2.16. The minimum Gasteiger partial charge on any atom is -0.398 e. The molecule has 0 heterocycles. The molecule has 0 aromatic heterocycles. The Morgan fingerprint density at radius 3 is 1.12 bits per heavy atom. The van der Waals surface area contributed by atoms with Crippen LogP contribution in [0.3, 0.4) is 0 Å². The van der Waals surface area contributed by atoms with Gasteiger partial charge in [0.05, 0.1) is 0 Å². The van der Waals surface area contributed by atoms with Gasteiger partial charge in [0.1, 0.15) is 0 Å². The van der Waals surface area contributed by atoms with Crippen molar-refractivity contribution in [2.24, 2.45) is 0 Å². The Kier molecular flexibility index (Phi) is 4.47. The molecule has 0 fully saturated rings. The molecule has 0 spiro atoms. The molecule has 0 saturated heterocycles. The van der Waals surface area contributed by atoms with Crippen LogP contribution in [0.25, 0.3) is 11.1 Å². The zero-order valence-electron chi connectivity index (χ0n) is 16.5. The van der Waals surface area contributed by atoms with Crippen molar-refractivity contribution >= 4 is 11.4 Å². The molecule has 2 aromatic rings. The van der Waals surface area contributed by atoms with Gasteiger partial charge >= 0.3 is 0 Å². The van der Waals surface area contributed by atoms with Crippen molar-refractivity contribution in [3.63, 3.8) is 0 Å². The number of hydrogen-bond acceptors (Lipinski definition) is 2. The van der Waals surface area contributed by atoms with Crippen molar-refractivity contribution < 1.29 is 0 Å². The number of anilines is 2. The Bertz CT molecular complexity index is 705. The summed E-state index contributed by atoms with van der Waals surface area (Å²) in [6, 6.07) is 8.84. The maximum atomic E-state index is 6.35. The fourth-order valence-corrected chi connectivity index (χ4v) is 3.17. The molecule has 2 aromatic carbocycles. The van der Waals surface area contributed by atoms with E-state index in [-0.39, 0.29) is 10.8 Å². The highest BCUT2D eigenvalue weighted by Gasteiger charge is 2.22. The summed E-state index contributed by atoms with van der Waals surface area (Å²) in [4.78, 5) is 0. The number of aryl methyl sites for hydroxylation is 2. The zero-order chi connectivity index (χ0) is 18.4. The first kappa shape index (κ1) is 18.4. The summed E-state index contributed by atoms with van der Waals surface area (Å²) in [6.45, 7) is 17.4. The highest BCUT2D eigenvalue weighted by molar-refractivity contribution is 5.75. The lowest BCUT2D eigenvalue weighted by atomic mass is 9.80. The lowest BCUT2D eigenvalue weighted by molar-refractivity contribution is 0.591. The van der Waals surface area contributed by atoms with E-state index in [1.54, 1.807) is 0 Å². The molecule has 2 heteroatoms. The highest BCUT2D eigenvalue weighted by atomic mass is 14.6. The van der Waals surface area contributed by atoms with Crippen molar-refractivity contribution in [1.82, 2.24) is 0 Å². The third kappa shape index (κ3) is 3.43. The molecule has 130 valence electrons. The topological polar surface area (TPSA) is 52.0 Å². The van der Waals surface area contributed by atoms with E-state index in [9.17, 15) is 0 Å². The van der Waals surface area contributed by atoms with Crippen LogP contribution in [0.1, 0.15) is 63.8 Å². The normalized spacial score (nSPS) is 12.5. The SMILES string of the molecule is Cc1cc(-c2cc(C)c(N)c(C(C)(C)C)c2)cc(C(C)(C)C)c1N. The van der Waals surface area contributed by atoms with Gasteiger partial charge in [-0.3, -0.25) is 0 Å². The van der Waals surface area contributed by atoms with Gasteiger partial charge in [-0.1, -0.05) is 41.5 Å². The van der Waals surface area contributed by atoms with Crippen LogP contribution in [0, 0.1) is 13.8 Å². The molecule has 0 aliphatic carbocycles. The van der Waals surface area contributed by atoms with E-state index in [2.05, 4.69) is 79.7 Å². The van der Waals surface area contributed by atoms with E-state index >= 15 is 0 Å². The van der Waals surface area contributed by atoms with Gasteiger partial charge in [0.25, 0.3) is 0 Å². The van der Waals surface area contributed by atoms with Gasteiger partial charge in [-0.05, 0) is 82.3 Å². The number of hydrogen-bond donors (Lipinski definition) is 2. The van der Waals surface area contributed by atoms with Gasteiger partial charge in [0.2, 0.25) is 0 Å². The van der Waals surface area contributed by atoms with E-state index in [0.29, 0.717) is 0 Å². The van der Waals surface area contributed by atoms with Gasteiger partial charge in [-0.25, -0.2) is 0 Å². The van der Waals surface area contributed by atoms with Crippen molar-refractivity contribution in [2.45, 2.75) is 66.2 Å². The minimum absolute atomic E-state index is 0.0144. The number of nitrogens with two attached hydrogens (primary N) is 2. The molecular formula is C22H32N2. The molecule has 2 nitrogen and oxygen atoms in total. The summed E-state index contributed by atoms with van der Waals surface area (Å²) < 4.78 is 0. The molecular weight excluding hydrogens is 292 g/mol. The van der Waals surface area contributed by atoms with E-state index in [1.807, 2.05) is 0 Å². The molecule has 0 atom stereocenters. The van der Waals surface area contributed by atoms with Crippen LogP contribution in [0.2, 0.25) is 0 Å². The standard InChI is InChI=1S/C22H32N2/c1-13-9-15(11-17(19(13)23)21(3,4)5)16-10-14(2)20(24)18(12-16)22(6,7)8/h9-12H,23-24H2,1-8H3. The van der Waals surface area contributed by atoms with E-state index < -0.39 is 0 Å². The predicted octanol–water partition coefficient (Wildman–Crippen LogP) is 5.73. The summed E-state index contributed by atoms with van der Waals surface area (Å²) in [5.74, 6) is 0. The second kappa shape index (κ2) is 5.84. The number of nitrogen functional groups attached to an aromatic ring is 2. The Balaban J connectivity index is 2.74. The fourth-order valence-electron chi connectivity index (χ4n) is 3.17. The monoisotopic (exact) mass is 324 g/mol. The van der Waals surface area contributed by atoms with Gasteiger partial charge in [-0.15, -0.1) is 0 Å². The molecule has 0 unspecified atom stereocenters. The summed E-state index contributed by atoms with van der Waals surface area (Å²) in [5, 5.41) is 0. The van der Waals surface area contributed by atoms with Crippen molar-refractivity contribution in [1.29, 1.82) is 0 Å². The van der Waals surface area contributed by atoms with Crippen LogP contribution >= 0.6 is 0 Å². The maximum Gasteiger partial charge on any atom is 0.0382 e. The molecule has 0 aliphatic rings. The molecule has 0 aliphatic heterocycles. The van der Waals surface area contributed by atoms with E-state index in [0.717, 1.165) is 22.5 Å². The van der Waals surface area contributed by atoms with Crippen molar-refractivity contribution in [3.05, 3.63) is 46.5 Å². The van der Waals surface area contributed by atoms with E-state index in [1.165, 1.54) is 22.3 Å². The van der Waals surface area contributed by atoms with Gasteiger partial charge in [-0.2, -0.15) is 0 Å². The molecule has 0 saturated carbocycles. The third-order valence-electron chi connectivity index (χ3n) is 4.72. The quantitative estimate of drug-likeness (QED) is 0.658. The van der Waals surface area contributed by atoms with Crippen LogP contribution < -0.4 is 11.5 Å². The van der Waals surface area contributed by atoms with Crippen molar-refractivity contribution in [2.75, 3.05) is 11.5 Å². The molecule has 0 amide bonds. The first-order valence-corrected chi connectivity index (χ1v) is 8.64. The summed E-state index contributed by atoms with van der Waals surface area (Å²) >= 11 is 0. The Morgan fingerprint density at radius 1 is 0.583 bits per heavy atom. The highest BCUT2D eigenvalue weighted by Crippen LogP contribution is 2.38. The van der Waals surface area contributed by atoms with Crippen LogP contribution in [-0.4, -0.2) is 0 Å². The van der Waals surface area contributed by atoms with E-state index in [4.69, 9.17) is 11.5 Å². The first-order chi connectivity index (χ1) is 10.8. The molecule has 0 bridgehead atoms. The molecule has 4 N–H and O–H groups in total.